The lowest BCUT2D eigenvalue weighted by Crippen LogP contribution is -2.30. The topological polar surface area (TPSA) is 49.4 Å². The molecule has 1 aromatic carbocycles. The minimum absolute atomic E-state index is 0.121. The quantitative estimate of drug-likeness (QED) is 0.736. The minimum Gasteiger partial charge on any atom is -0.305 e. The summed E-state index contributed by atoms with van der Waals surface area (Å²) in [5.74, 6) is 0. The van der Waals surface area contributed by atoms with Gasteiger partial charge in [-0.05, 0) is 36.8 Å². The molecule has 0 spiro atoms. The predicted molar refractivity (Wildman–Crippen MR) is 101 cm³/mol. The van der Waals surface area contributed by atoms with Crippen LogP contribution in [0.15, 0.2) is 41.3 Å². The Morgan fingerprint density at radius 2 is 1.75 bits per heavy atom. The van der Waals surface area contributed by atoms with Crippen LogP contribution in [-0.2, 0) is 16.6 Å². The van der Waals surface area contributed by atoms with Gasteiger partial charge in [0.1, 0.15) is 0 Å². The zero-order chi connectivity index (χ0) is 17.7. The molecular weight excluding hydrogens is 364 g/mol. The van der Waals surface area contributed by atoms with Crippen molar-refractivity contribution in [1.29, 1.82) is 0 Å². The van der Waals surface area contributed by atoms with Crippen molar-refractivity contribution >= 4 is 33.0 Å². The molecule has 0 saturated carbocycles. The van der Waals surface area contributed by atoms with E-state index in [0.29, 0.717) is 18.0 Å². The summed E-state index contributed by atoms with van der Waals surface area (Å²) in [6.07, 6.45) is 0. The number of nitrogens with one attached hydrogen (secondary N) is 1. The predicted octanol–water partition coefficient (Wildman–Crippen LogP) is 4.28. The molecule has 1 N–H and O–H groups in total. The summed E-state index contributed by atoms with van der Waals surface area (Å²) in [4.78, 5) is 1.51. The summed E-state index contributed by atoms with van der Waals surface area (Å²) in [7, 11) is -3.40. The summed E-state index contributed by atoms with van der Waals surface area (Å²) in [6, 6.07) is 11.1. The molecule has 0 bridgehead atoms. The summed E-state index contributed by atoms with van der Waals surface area (Å²) in [5.41, 5.74) is 1.05. The van der Waals surface area contributed by atoms with Gasteiger partial charge in [0.25, 0.3) is 0 Å². The van der Waals surface area contributed by atoms with Crippen LogP contribution in [0.4, 0.5) is 0 Å². The van der Waals surface area contributed by atoms with Gasteiger partial charge in [-0.25, -0.2) is 8.42 Å². The van der Waals surface area contributed by atoms with Crippen LogP contribution in [0.1, 0.15) is 37.3 Å². The lowest BCUT2D eigenvalue weighted by molar-refractivity contribution is 0.445. The fourth-order valence-electron chi connectivity index (χ4n) is 2.46. The fraction of sp³-hybridized carbons (Fsp3) is 0.412. The average molecular weight is 387 g/mol. The maximum atomic E-state index is 12.5. The number of nitrogens with zero attached hydrogens (tertiary/aromatic N) is 1. The van der Waals surface area contributed by atoms with Gasteiger partial charge in [-0.2, -0.15) is 4.31 Å². The van der Waals surface area contributed by atoms with Crippen LogP contribution >= 0.6 is 22.9 Å². The zero-order valence-electron chi connectivity index (χ0n) is 14.1. The molecule has 0 saturated heterocycles. The first kappa shape index (κ1) is 19.4. The first-order valence-corrected chi connectivity index (χ1v) is 10.6. The third-order valence-corrected chi connectivity index (χ3v) is 7.23. The molecule has 0 radical (unpaired) electrons. The standard InChI is InChI=1S/C17H23ClN2O2S2/c1-4-20(5-2)24(21,22)16-9-6-14(7-10-16)13(3)19-12-15-8-11-17(18)23-15/h6-11,13,19H,4-5,12H2,1-3H3/t13-/m1/s1. The van der Waals surface area contributed by atoms with Gasteiger partial charge in [0, 0.05) is 30.6 Å². The molecule has 0 aliphatic rings. The minimum atomic E-state index is -3.40. The smallest absolute Gasteiger partial charge is 0.243 e. The summed E-state index contributed by atoms with van der Waals surface area (Å²) < 4.78 is 27.2. The molecular formula is C17H23ClN2O2S2. The van der Waals surface area contributed by atoms with E-state index in [2.05, 4.69) is 12.2 Å². The van der Waals surface area contributed by atoms with E-state index < -0.39 is 10.0 Å². The molecule has 0 fully saturated rings. The number of thiophene rings is 1. The Balaban J connectivity index is 2.05. The van der Waals surface area contributed by atoms with Crippen molar-refractivity contribution < 1.29 is 8.42 Å². The van der Waals surface area contributed by atoms with E-state index in [1.807, 2.05) is 38.1 Å². The van der Waals surface area contributed by atoms with Gasteiger partial charge in [-0.15, -0.1) is 11.3 Å². The summed E-state index contributed by atoms with van der Waals surface area (Å²) >= 11 is 7.49. The second-order valence-corrected chi connectivity index (χ2v) is 9.20. The van der Waals surface area contributed by atoms with E-state index in [9.17, 15) is 8.42 Å². The molecule has 0 unspecified atom stereocenters. The molecule has 2 rings (SSSR count). The average Bonchev–Trinajstić information content (AvgIpc) is 2.99. The van der Waals surface area contributed by atoms with Crippen molar-refractivity contribution in [2.75, 3.05) is 13.1 Å². The van der Waals surface area contributed by atoms with Gasteiger partial charge in [0.05, 0.1) is 9.23 Å². The lowest BCUT2D eigenvalue weighted by Gasteiger charge is -2.19. The maximum Gasteiger partial charge on any atom is 0.243 e. The highest BCUT2D eigenvalue weighted by Gasteiger charge is 2.21. The van der Waals surface area contributed by atoms with E-state index in [0.717, 1.165) is 16.4 Å². The monoisotopic (exact) mass is 386 g/mol. The third kappa shape index (κ3) is 4.58. The van der Waals surface area contributed by atoms with Gasteiger partial charge in [0.2, 0.25) is 10.0 Å². The Bertz CT molecular complexity index is 753. The molecule has 1 atom stereocenters. The van der Waals surface area contributed by atoms with Crippen molar-refractivity contribution in [3.8, 4) is 0 Å². The molecule has 2 aromatic rings. The molecule has 7 heteroatoms. The largest absolute Gasteiger partial charge is 0.305 e. The van der Waals surface area contributed by atoms with Crippen molar-refractivity contribution in [3.63, 3.8) is 0 Å². The van der Waals surface area contributed by atoms with Crippen LogP contribution in [0, 0.1) is 0 Å². The first-order valence-electron chi connectivity index (χ1n) is 7.96. The Morgan fingerprint density at radius 1 is 1.12 bits per heavy atom. The van der Waals surface area contributed by atoms with Crippen LogP contribution in [0.25, 0.3) is 0 Å². The van der Waals surface area contributed by atoms with E-state index in [1.165, 1.54) is 9.18 Å². The normalized spacial score (nSPS) is 13.4. The summed E-state index contributed by atoms with van der Waals surface area (Å²) in [6.45, 7) is 7.43. The van der Waals surface area contributed by atoms with Gasteiger partial charge >= 0.3 is 0 Å². The molecule has 0 aliphatic carbocycles. The second kappa shape index (κ2) is 8.45. The molecule has 1 aromatic heterocycles. The first-order chi connectivity index (χ1) is 11.4. The third-order valence-electron chi connectivity index (χ3n) is 3.93. The Kier molecular flexibility index (Phi) is 6.83. The van der Waals surface area contributed by atoms with E-state index in [4.69, 9.17) is 11.6 Å². The van der Waals surface area contributed by atoms with Crippen LogP contribution in [0.2, 0.25) is 4.34 Å². The Morgan fingerprint density at radius 3 is 2.25 bits per heavy atom. The number of rotatable bonds is 8. The zero-order valence-corrected chi connectivity index (χ0v) is 16.5. The molecule has 4 nitrogen and oxygen atoms in total. The highest BCUT2D eigenvalue weighted by Crippen LogP contribution is 2.23. The summed E-state index contributed by atoms with van der Waals surface area (Å²) in [5, 5.41) is 3.42. The molecule has 24 heavy (non-hydrogen) atoms. The highest BCUT2D eigenvalue weighted by atomic mass is 35.5. The van der Waals surface area contributed by atoms with Crippen LogP contribution < -0.4 is 5.32 Å². The second-order valence-electron chi connectivity index (χ2n) is 5.47. The number of benzene rings is 1. The van der Waals surface area contributed by atoms with Gasteiger partial charge in [-0.3, -0.25) is 0 Å². The Hall–Kier alpha value is -0.920. The van der Waals surface area contributed by atoms with Crippen LogP contribution in [-0.4, -0.2) is 25.8 Å². The SMILES string of the molecule is CCN(CC)S(=O)(=O)c1ccc([C@@H](C)NCc2ccc(Cl)s2)cc1. The van der Waals surface area contributed by atoms with Gasteiger partial charge in [-0.1, -0.05) is 37.6 Å². The van der Waals surface area contributed by atoms with Crippen molar-refractivity contribution in [1.82, 2.24) is 9.62 Å². The fourth-order valence-corrected chi connectivity index (χ4v) is 4.96. The number of hydrogen-bond acceptors (Lipinski definition) is 4. The van der Waals surface area contributed by atoms with E-state index in [-0.39, 0.29) is 6.04 Å². The van der Waals surface area contributed by atoms with E-state index >= 15 is 0 Å². The van der Waals surface area contributed by atoms with Crippen LogP contribution in [0.5, 0.6) is 0 Å². The van der Waals surface area contributed by atoms with Crippen molar-refractivity contribution in [3.05, 3.63) is 51.2 Å². The van der Waals surface area contributed by atoms with Crippen molar-refractivity contribution in [2.24, 2.45) is 0 Å². The number of sulfonamides is 1. The lowest BCUT2D eigenvalue weighted by atomic mass is 10.1. The molecule has 1 heterocycles. The van der Waals surface area contributed by atoms with E-state index in [1.54, 1.807) is 23.5 Å². The molecule has 0 aliphatic heterocycles. The van der Waals surface area contributed by atoms with Gasteiger partial charge < -0.3 is 5.32 Å². The highest BCUT2D eigenvalue weighted by molar-refractivity contribution is 7.89. The van der Waals surface area contributed by atoms with Crippen LogP contribution in [0.3, 0.4) is 0 Å². The molecule has 132 valence electrons. The number of halogens is 1. The molecule has 0 amide bonds. The van der Waals surface area contributed by atoms with Gasteiger partial charge in [0.15, 0.2) is 0 Å². The Labute approximate surface area is 153 Å². The number of hydrogen-bond donors (Lipinski definition) is 1. The van der Waals surface area contributed by atoms with Crippen molar-refractivity contribution in [2.45, 2.75) is 38.3 Å². The maximum absolute atomic E-state index is 12.5.